The monoisotopic (exact) mass is 240 g/mol. The van der Waals surface area contributed by atoms with E-state index in [1.807, 2.05) is 0 Å². The lowest BCUT2D eigenvalue weighted by Gasteiger charge is -2.33. The minimum Gasteiger partial charge on any atom is -0.506 e. The lowest BCUT2D eigenvalue weighted by molar-refractivity contribution is 0.0343. The number of benzene rings is 1. The maximum Gasteiger partial charge on any atom is 0.493 e. The summed E-state index contributed by atoms with van der Waals surface area (Å²) in [5.41, 5.74) is 0.885. The molecular formula is C11H14BClO3. The van der Waals surface area contributed by atoms with E-state index in [0.29, 0.717) is 18.2 Å². The van der Waals surface area contributed by atoms with Crippen LogP contribution in [-0.4, -0.2) is 25.4 Å². The van der Waals surface area contributed by atoms with Gasteiger partial charge in [-0.2, -0.15) is 0 Å². The van der Waals surface area contributed by atoms with Gasteiger partial charge in [0, 0.05) is 18.6 Å². The second-order valence-electron chi connectivity index (χ2n) is 4.83. The predicted molar refractivity (Wildman–Crippen MR) is 64.2 cm³/mol. The summed E-state index contributed by atoms with van der Waals surface area (Å²) in [7, 11) is -0.383. The highest BCUT2D eigenvalue weighted by molar-refractivity contribution is 6.61. The van der Waals surface area contributed by atoms with Gasteiger partial charge in [-0.05, 0) is 17.6 Å². The van der Waals surface area contributed by atoms with Gasteiger partial charge >= 0.3 is 7.12 Å². The van der Waals surface area contributed by atoms with Crippen molar-refractivity contribution >= 4 is 24.2 Å². The largest absolute Gasteiger partial charge is 0.506 e. The van der Waals surface area contributed by atoms with Crippen molar-refractivity contribution < 1.29 is 14.4 Å². The van der Waals surface area contributed by atoms with Gasteiger partial charge in [0.05, 0.1) is 5.02 Å². The highest BCUT2D eigenvalue weighted by Crippen LogP contribution is 2.24. The van der Waals surface area contributed by atoms with Crippen LogP contribution < -0.4 is 5.46 Å². The third-order valence-corrected chi connectivity index (χ3v) is 2.80. The van der Waals surface area contributed by atoms with Crippen LogP contribution in [0.15, 0.2) is 18.2 Å². The van der Waals surface area contributed by atoms with Crippen molar-refractivity contribution in [2.75, 3.05) is 13.2 Å². The highest BCUT2D eigenvalue weighted by atomic mass is 35.5. The molecule has 2 rings (SSSR count). The van der Waals surface area contributed by atoms with Gasteiger partial charge in [0.2, 0.25) is 0 Å². The quantitative estimate of drug-likeness (QED) is 0.761. The molecule has 1 aliphatic heterocycles. The molecule has 5 heteroatoms. The topological polar surface area (TPSA) is 38.7 Å². The zero-order valence-electron chi connectivity index (χ0n) is 9.37. The van der Waals surface area contributed by atoms with Crippen molar-refractivity contribution in [1.82, 2.24) is 0 Å². The maximum atomic E-state index is 9.31. The standard InChI is InChI=1S/C11H14BClO3/c1-11(2)6-15-12(16-7-11)8-3-4-10(14)9(13)5-8/h3-5,14H,6-7H2,1-2H3. The smallest absolute Gasteiger partial charge is 0.493 e. The lowest BCUT2D eigenvalue weighted by atomic mass is 9.76. The van der Waals surface area contributed by atoms with Crippen LogP contribution in [0.1, 0.15) is 13.8 Å². The zero-order valence-corrected chi connectivity index (χ0v) is 10.1. The van der Waals surface area contributed by atoms with Crippen molar-refractivity contribution in [3.05, 3.63) is 23.2 Å². The Balaban J connectivity index is 2.11. The Hall–Kier alpha value is -0.705. The van der Waals surface area contributed by atoms with Crippen molar-refractivity contribution in [1.29, 1.82) is 0 Å². The zero-order chi connectivity index (χ0) is 11.8. The van der Waals surface area contributed by atoms with Gasteiger partial charge in [0.25, 0.3) is 0 Å². The summed E-state index contributed by atoms with van der Waals surface area (Å²) in [6, 6.07) is 4.97. The number of rotatable bonds is 1. The summed E-state index contributed by atoms with van der Waals surface area (Å²) in [6.07, 6.45) is 0. The highest BCUT2D eigenvalue weighted by Gasteiger charge is 2.33. The van der Waals surface area contributed by atoms with Crippen molar-refractivity contribution in [2.45, 2.75) is 13.8 Å². The summed E-state index contributed by atoms with van der Waals surface area (Å²) >= 11 is 5.83. The van der Waals surface area contributed by atoms with E-state index in [1.54, 1.807) is 18.2 Å². The molecule has 0 aliphatic carbocycles. The Morgan fingerprint density at radius 3 is 2.50 bits per heavy atom. The molecule has 16 heavy (non-hydrogen) atoms. The molecule has 3 nitrogen and oxygen atoms in total. The molecule has 0 radical (unpaired) electrons. The van der Waals surface area contributed by atoms with Gasteiger partial charge in [-0.1, -0.05) is 31.5 Å². The van der Waals surface area contributed by atoms with E-state index in [0.717, 1.165) is 5.46 Å². The van der Waals surface area contributed by atoms with Crippen molar-refractivity contribution in [3.63, 3.8) is 0 Å². The molecule has 0 amide bonds. The minimum atomic E-state index is -0.383. The SMILES string of the molecule is CC1(C)COB(c2ccc(O)c(Cl)c2)OC1. The molecule has 1 N–H and O–H groups in total. The number of phenolic OH excluding ortho intramolecular Hbond substituents is 1. The molecule has 0 spiro atoms. The molecule has 0 unspecified atom stereocenters. The van der Waals surface area contributed by atoms with Crippen LogP contribution in [0.2, 0.25) is 5.02 Å². The molecule has 1 saturated heterocycles. The van der Waals surface area contributed by atoms with E-state index < -0.39 is 0 Å². The molecule has 0 bridgehead atoms. The van der Waals surface area contributed by atoms with Gasteiger partial charge in [0.15, 0.2) is 0 Å². The summed E-state index contributed by atoms with van der Waals surface area (Å²) < 4.78 is 11.2. The third-order valence-electron chi connectivity index (χ3n) is 2.49. The van der Waals surface area contributed by atoms with Gasteiger partial charge in [-0.25, -0.2) is 0 Å². The van der Waals surface area contributed by atoms with Crippen LogP contribution in [0.3, 0.4) is 0 Å². The summed E-state index contributed by atoms with van der Waals surface area (Å²) in [5.74, 6) is 0.0709. The number of phenols is 1. The van der Waals surface area contributed by atoms with Gasteiger partial charge in [-0.15, -0.1) is 0 Å². The molecule has 0 aromatic heterocycles. The summed E-state index contributed by atoms with van der Waals surface area (Å²) in [6.45, 7) is 5.48. The van der Waals surface area contributed by atoms with E-state index in [2.05, 4.69) is 13.8 Å². The molecule has 1 aromatic rings. The normalized spacial score (nSPS) is 19.8. The minimum absolute atomic E-state index is 0.0528. The van der Waals surface area contributed by atoms with Crippen molar-refractivity contribution in [2.24, 2.45) is 5.41 Å². The summed E-state index contributed by atoms with van der Waals surface area (Å²) in [4.78, 5) is 0. The van der Waals surface area contributed by atoms with Crippen LogP contribution in [0.5, 0.6) is 5.75 Å². The number of hydrogen-bond acceptors (Lipinski definition) is 3. The molecule has 1 aliphatic rings. The van der Waals surface area contributed by atoms with Crippen LogP contribution in [-0.2, 0) is 9.31 Å². The second-order valence-corrected chi connectivity index (χ2v) is 5.24. The first kappa shape index (κ1) is 11.8. The first-order valence-electron chi connectivity index (χ1n) is 5.20. The molecule has 0 atom stereocenters. The van der Waals surface area contributed by atoms with Gasteiger partial charge in [0.1, 0.15) is 5.75 Å². The Morgan fingerprint density at radius 1 is 1.31 bits per heavy atom. The number of hydrogen-bond donors (Lipinski definition) is 1. The van der Waals surface area contributed by atoms with Gasteiger partial charge in [-0.3, -0.25) is 0 Å². The second kappa shape index (κ2) is 4.28. The Bertz CT molecular complexity index is 385. The molecule has 0 saturated carbocycles. The van der Waals surface area contributed by atoms with Crippen molar-refractivity contribution in [3.8, 4) is 5.75 Å². The Kier molecular flexibility index (Phi) is 3.15. The fourth-order valence-corrected chi connectivity index (χ4v) is 1.74. The molecule has 1 heterocycles. The van der Waals surface area contributed by atoms with E-state index in [-0.39, 0.29) is 18.3 Å². The fourth-order valence-electron chi connectivity index (χ4n) is 1.55. The van der Waals surface area contributed by atoms with Crippen LogP contribution in [0.4, 0.5) is 0 Å². The van der Waals surface area contributed by atoms with E-state index in [9.17, 15) is 5.11 Å². The van der Waals surface area contributed by atoms with Crippen LogP contribution in [0, 0.1) is 5.41 Å². The lowest BCUT2D eigenvalue weighted by Crippen LogP contribution is -2.47. The maximum absolute atomic E-state index is 9.31. The average molecular weight is 240 g/mol. The molecule has 1 aromatic carbocycles. The van der Waals surface area contributed by atoms with E-state index in [1.165, 1.54) is 0 Å². The Labute approximate surface area is 100 Å². The number of halogens is 1. The van der Waals surface area contributed by atoms with Crippen LogP contribution >= 0.6 is 11.6 Å². The average Bonchev–Trinajstić information content (AvgIpc) is 2.22. The third kappa shape index (κ3) is 2.51. The fraction of sp³-hybridized carbons (Fsp3) is 0.455. The number of aromatic hydroxyl groups is 1. The van der Waals surface area contributed by atoms with E-state index >= 15 is 0 Å². The molecule has 1 fully saturated rings. The Morgan fingerprint density at radius 2 is 1.94 bits per heavy atom. The molecular weight excluding hydrogens is 226 g/mol. The first-order chi connectivity index (χ1) is 7.48. The summed E-state index contributed by atoms with van der Waals surface area (Å²) in [5, 5.41) is 9.63. The molecule has 86 valence electrons. The van der Waals surface area contributed by atoms with Crippen LogP contribution in [0.25, 0.3) is 0 Å². The predicted octanol–water partition coefficient (Wildman–Crippen LogP) is 1.81. The first-order valence-corrected chi connectivity index (χ1v) is 5.57. The van der Waals surface area contributed by atoms with Gasteiger partial charge < -0.3 is 14.4 Å². The van der Waals surface area contributed by atoms with E-state index in [4.69, 9.17) is 20.9 Å².